The molecule has 0 aromatic rings. The number of carboxylic acid groups (broad SMARTS) is 1. The zero-order valence-electron chi connectivity index (χ0n) is 7.32. The number of hydrogen-bond donors (Lipinski definition) is 2. The number of hydrogen-bond acceptors (Lipinski definition) is 4. The largest absolute Gasteiger partial charge is 0.480 e. The number of likely N-dealkylation sites (tertiary alicyclic amines) is 1. The average Bonchev–Trinajstić information content (AvgIpc) is 2.00. The van der Waals surface area contributed by atoms with Crippen LogP contribution in [-0.2, 0) is 9.53 Å². The molecule has 13 heavy (non-hydrogen) atoms. The summed E-state index contributed by atoms with van der Waals surface area (Å²) in [4.78, 5) is 22.5. The van der Waals surface area contributed by atoms with Gasteiger partial charge in [-0.1, -0.05) is 0 Å². The lowest BCUT2D eigenvalue weighted by atomic mass is 10.1. The second kappa shape index (κ2) is 4.08. The summed E-state index contributed by atoms with van der Waals surface area (Å²) in [6, 6.07) is 0.0789. The number of methoxy groups -OCH3 is 1. The van der Waals surface area contributed by atoms with Crippen molar-refractivity contribution < 1.29 is 19.4 Å². The number of nitrogens with one attached hydrogen (secondary N) is 1. The van der Waals surface area contributed by atoms with Crippen LogP contribution in [0.2, 0.25) is 0 Å². The van der Waals surface area contributed by atoms with Crippen molar-refractivity contribution >= 4 is 12.1 Å². The lowest BCUT2D eigenvalue weighted by molar-refractivity contribution is -0.136. The number of carboxylic acids is 1. The molecule has 0 unspecified atom stereocenters. The van der Waals surface area contributed by atoms with Gasteiger partial charge in [0.1, 0.15) is 0 Å². The van der Waals surface area contributed by atoms with Gasteiger partial charge in [-0.05, 0) is 0 Å². The van der Waals surface area contributed by atoms with Crippen LogP contribution in [-0.4, -0.2) is 54.9 Å². The van der Waals surface area contributed by atoms with Crippen molar-refractivity contribution in [1.29, 1.82) is 0 Å². The fraction of sp³-hybridized carbons (Fsp3) is 0.714. The quantitative estimate of drug-likeness (QED) is 0.600. The molecule has 0 radical (unpaired) electrons. The molecule has 0 aromatic carbocycles. The van der Waals surface area contributed by atoms with E-state index in [-0.39, 0.29) is 18.7 Å². The number of rotatable bonds is 3. The van der Waals surface area contributed by atoms with E-state index in [1.54, 1.807) is 0 Å². The van der Waals surface area contributed by atoms with Crippen LogP contribution in [0.25, 0.3) is 0 Å². The van der Waals surface area contributed by atoms with Gasteiger partial charge in [-0.25, -0.2) is 4.79 Å². The molecule has 74 valence electrons. The van der Waals surface area contributed by atoms with Crippen molar-refractivity contribution in [1.82, 2.24) is 10.2 Å². The van der Waals surface area contributed by atoms with Crippen molar-refractivity contribution in [3.63, 3.8) is 0 Å². The number of carbonyl (C=O) groups is 2. The minimum absolute atomic E-state index is 0.0698. The summed E-state index contributed by atoms with van der Waals surface area (Å²) in [5, 5.41) is 11.1. The van der Waals surface area contributed by atoms with Gasteiger partial charge >= 0.3 is 12.1 Å². The maximum Gasteiger partial charge on any atom is 0.409 e. The molecule has 1 amide bonds. The van der Waals surface area contributed by atoms with E-state index in [1.165, 1.54) is 12.0 Å². The van der Waals surface area contributed by atoms with Crippen LogP contribution in [0.1, 0.15) is 0 Å². The molecule has 1 aliphatic rings. The van der Waals surface area contributed by atoms with Crippen LogP contribution in [0.15, 0.2) is 0 Å². The molecule has 0 bridgehead atoms. The van der Waals surface area contributed by atoms with Crippen molar-refractivity contribution in [2.24, 2.45) is 0 Å². The van der Waals surface area contributed by atoms with E-state index >= 15 is 0 Å². The second-order valence-corrected chi connectivity index (χ2v) is 2.85. The molecule has 1 aliphatic heterocycles. The first-order valence-electron chi connectivity index (χ1n) is 3.91. The van der Waals surface area contributed by atoms with E-state index in [9.17, 15) is 9.59 Å². The first-order valence-corrected chi connectivity index (χ1v) is 3.91. The molecule has 1 heterocycles. The van der Waals surface area contributed by atoms with Crippen LogP contribution < -0.4 is 5.32 Å². The van der Waals surface area contributed by atoms with Gasteiger partial charge in [-0.3, -0.25) is 4.79 Å². The van der Waals surface area contributed by atoms with Crippen LogP contribution in [0.4, 0.5) is 4.79 Å². The van der Waals surface area contributed by atoms with E-state index in [1.807, 2.05) is 0 Å². The lowest BCUT2D eigenvalue weighted by Crippen LogP contribution is -2.60. The third-order valence-electron chi connectivity index (χ3n) is 1.86. The summed E-state index contributed by atoms with van der Waals surface area (Å²) in [5.74, 6) is -0.892. The van der Waals surface area contributed by atoms with Crippen LogP contribution >= 0.6 is 0 Å². The predicted molar refractivity (Wildman–Crippen MR) is 43.4 cm³/mol. The van der Waals surface area contributed by atoms with Gasteiger partial charge < -0.3 is 20.1 Å². The fourth-order valence-electron chi connectivity index (χ4n) is 1.12. The number of aliphatic carboxylic acids is 1. The predicted octanol–water partition coefficient (Wildman–Crippen LogP) is -0.889. The van der Waals surface area contributed by atoms with Gasteiger partial charge in [-0.15, -0.1) is 0 Å². The van der Waals surface area contributed by atoms with Gasteiger partial charge in [0.05, 0.1) is 13.7 Å². The van der Waals surface area contributed by atoms with E-state index in [4.69, 9.17) is 5.11 Å². The first kappa shape index (κ1) is 9.79. The maximum absolute atomic E-state index is 10.8. The highest BCUT2D eigenvalue weighted by molar-refractivity contribution is 5.70. The van der Waals surface area contributed by atoms with Crippen molar-refractivity contribution in [3.05, 3.63) is 0 Å². The molecule has 1 fully saturated rings. The van der Waals surface area contributed by atoms with Gasteiger partial charge in [0, 0.05) is 19.1 Å². The Morgan fingerprint density at radius 3 is 2.69 bits per heavy atom. The van der Waals surface area contributed by atoms with Crippen molar-refractivity contribution in [2.75, 3.05) is 26.7 Å². The zero-order chi connectivity index (χ0) is 9.84. The Morgan fingerprint density at radius 2 is 2.23 bits per heavy atom. The Bertz CT molecular complexity index is 213. The van der Waals surface area contributed by atoms with Crippen LogP contribution in [0.3, 0.4) is 0 Å². The fourth-order valence-corrected chi connectivity index (χ4v) is 1.12. The first-order chi connectivity index (χ1) is 6.13. The molecular formula is C7H12N2O4. The average molecular weight is 188 g/mol. The van der Waals surface area contributed by atoms with Gasteiger partial charge in [0.15, 0.2) is 0 Å². The SMILES string of the molecule is COC(=O)N1CC(NCC(=O)O)C1. The molecule has 0 saturated carbocycles. The summed E-state index contributed by atoms with van der Waals surface area (Å²) in [6.07, 6.45) is -0.367. The lowest BCUT2D eigenvalue weighted by Gasteiger charge is -2.38. The smallest absolute Gasteiger partial charge is 0.409 e. The number of ether oxygens (including phenoxy) is 1. The third kappa shape index (κ3) is 2.59. The molecule has 6 nitrogen and oxygen atoms in total. The van der Waals surface area contributed by atoms with E-state index < -0.39 is 5.97 Å². The normalized spacial score (nSPS) is 16.5. The van der Waals surface area contributed by atoms with Crippen LogP contribution in [0.5, 0.6) is 0 Å². The van der Waals surface area contributed by atoms with Gasteiger partial charge in [-0.2, -0.15) is 0 Å². The molecule has 0 aromatic heterocycles. The van der Waals surface area contributed by atoms with E-state index in [0.717, 1.165) is 0 Å². The number of carbonyl (C=O) groups excluding carboxylic acids is 1. The highest BCUT2D eigenvalue weighted by Crippen LogP contribution is 2.08. The summed E-state index contributed by atoms with van der Waals surface area (Å²) in [5.41, 5.74) is 0. The zero-order valence-corrected chi connectivity index (χ0v) is 7.32. The minimum atomic E-state index is -0.892. The number of nitrogens with zero attached hydrogens (tertiary/aromatic N) is 1. The third-order valence-corrected chi connectivity index (χ3v) is 1.86. The second-order valence-electron chi connectivity index (χ2n) is 2.85. The minimum Gasteiger partial charge on any atom is -0.480 e. The Kier molecular flexibility index (Phi) is 3.07. The standard InChI is InChI=1S/C7H12N2O4/c1-13-7(12)9-3-5(4-9)8-2-6(10)11/h5,8H,2-4H2,1H3,(H,10,11). The Balaban J connectivity index is 2.11. The summed E-state index contributed by atoms with van der Waals surface area (Å²) in [6.45, 7) is 0.958. The van der Waals surface area contributed by atoms with E-state index in [2.05, 4.69) is 10.1 Å². The maximum atomic E-state index is 10.8. The highest BCUT2D eigenvalue weighted by Gasteiger charge is 2.30. The molecule has 0 aliphatic carbocycles. The van der Waals surface area contributed by atoms with E-state index in [0.29, 0.717) is 13.1 Å². The summed E-state index contributed by atoms with van der Waals surface area (Å²) in [7, 11) is 1.32. The summed E-state index contributed by atoms with van der Waals surface area (Å²) >= 11 is 0. The monoisotopic (exact) mass is 188 g/mol. The topological polar surface area (TPSA) is 78.9 Å². The molecule has 6 heteroatoms. The van der Waals surface area contributed by atoms with Crippen LogP contribution in [0, 0.1) is 0 Å². The molecule has 0 atom stereocenters. The Hall–Kier alpha value is -1.30. The Labute approximate surface area is 75.5 Å². The molecule has 2 N–H and O–H groups in total. The highest BCUT2D eigenvalue weighted by atomic mass is 16.5. The van der Waals surface area contributed by atoms with Gasteiger partial charge in [0.25, 0.3) is 0 Å². The molecule has 1 saturated heterocycles. The molecule has 1 rings (SSSR count). The number of amides is 1. The molecular weight excluding hydrogens is 176 g/mol. The summed E-state index contributed by atoms with van der Waals surface area (Å²) < 4.78 is 4.47. The molecule has 0 spiro atoms. The Morgan fingerprint density at radius 1 is 1.62 bits per heavy atom. The van der Waals surface area contributed by atoms with Crippen molar-refractivity contribution in [3.8, 4) is 0 Å². The van der Waals surface area contributed by atoms with Gasteiger partial charge in [0.2, 0.25) is 0 Å². The van der Waals surface area contributed by atoms with Crippen molar-refractivity contribution in [2.45, 2.75) is 6.04 Å².